The molecule has 0 aliphatic rings. The first-order chi connectivity index (χ1) is 7.59. The summed E-state index contributed by atoms with van der Waals surface area (Å²) >= 11 is 7.36. The molecular weight excluding hydrogens is 247 g/mol. The monoisotopic (exact) mass is 256 g/mol. The minimum Gasteiger partial charge on any atom is -0.383 e. The fourth-order valence-electron chi connectivity index (χ4n) is 1.49. The van der Waals surface area contributed by atoms with Crippen molar-refractivity contribution in [3.63, 3.8) is 0 Å². The Morgan fingerprint density at radius 3 is 2.81 bits per heavy atom. The van der Waals surface area contributed by atoms with Crippen LogP contribution in [0, 0.1) is 12.7 Å². The van der Waals surface area contributed by atoms with Crippen LogP contribution in [0.2, 0.25) is 5.02 Å². The van der Waals surface area contributed by atoms with Crippen molar-refractivity contribution in [3.05, 3.63) is 56.5 Å². The molecule has 2 rings (SSSR count). The zero-order chi connectivity index (χ0) is 11.7. The number of aryl methyl sites for hydroxylation is 1. The fourth-order valence-corrected chi connectivity index (χ4v) is 2.47. The summed E-state index contributed by atoms with van der Waals surface area (Å²) < 4.78 is 13.2. The van der Waals surface area contributed by atoms with Crippen molar-refractivity contribution in [2.45, 2.75) is 13.0 Å². The Morgan fingerprint density at radius 1 is 1.44 bits per heavy atom. The molecular formula is C12H10ClFOS. The molecule has 1 N–H and O–H groups in total. The van der Waals surface area contributed by atoms with Crippen LogP contribution in [0.15, 0.2) is 29.6 Å². The van der Waals surface area contributed by atoms with Crippen molar-refractivity contribution in [2.75, 3.05) is 0 Å². The van der Waals surface area contributed by atoms with E-state index >= 15 is 0 Å². The summed E-state index contributed by atoms with van der Waals surface area (Å²) in [7, 11) is 0. The molecule has 0 aliphatic carbocycles. The highest BCUT2D eigenvalue weighted by Gasteiger charge is 2.16. The molecule has 0 radical (unpaired) electrons. The van der Waals surface area contributed by atoms with Crippen molar-refractivity contribution < 1.29 is 9.50 Å². The lowest BCUT2D eigenvalue weighted by molar-refractivity contribution is 0.224. The van der Waals surface area contributed by atoms with Gasteiger partial charge in [0.1, 0.15) is 11.9 Å². The van der Waals surface area contributed by atoms with Crippen molar-refractivity contribution in [3.8, 4) is 0 Å². The number of halogens is 2. The average molecular weight is 257 g/mol. The standard InChI is InChI=1S/C12H10ClFOS/c1-7-5-8(9(13)6-10(7)14)12(15)11-3-2-4-16-11/h2-6,12,15H,1H3. The van der Waals surface area contributed by atoms with Crippen LogP contribution < -0.4 is 0 Å². The van der Waals surface area contributed by atoms with Gasteiger partial charge in [0.25, 0.3) is 0 Å². The molecule has 1 aromatic heterocycles. The topological polar surface area (TPSA) is 20.2 Å². The summed E-state index contributed by atoms with van der Waals surface area (Å²) in [6.45, 7) is 1.65. The Labute approximate surface area is 102 Å². The van der Waals surface area contributed by atoms with Crippen LogP contribution in [0.1, 0.15) is 22.1 Å². The molecule has 16 heavy (non-hydrogen) atoms. The first-order valence-corrected chi connectivity index (χ1v) is 6.02. The van der Waals surface area contributed by atoms with E-state index < -0.39 is 6.10 Å². The molecule has 1 aromatic carbocycles. The molecule has 1 nitrogen and oxygen atoms in total. The van der Waals surface area contributed by atoms with Crippen LogP contribution in [0.3, 0.4) is 0 Å². The number of benzene rings is 1. The van der Waals surface area contributed by atoms with Gasteiger partial charge in [-0.1, -0.05) is 17.7 Å². The first-order valence-electron chi connectivity index (χ1n) is 4.76. The van der Waals surface area contributed by atoms with Gasteiger partial charge in [-0.25, -0.2) is 4.39 Å². The number of aliphatic hydroxyl groups is 1. The number of thiophene rings is 1. The molecule has 0 bridgehead atoms. The van der Waals surface area contributed by atoms with Gasteiger partial charge < -0.3 is 5.11 Å². The van der Waals surface area contributed by atoms with Crippen LogP contribution in [-0.2, 0) is 0 Å². The second kappa shape index (κ2) is 4.53. The number of hydrogen-bond donors (Lipinski definition) is 1. The summed E-state index contributed by atoms with van der Waals surface area (Å²) in [5.74, 6) is -0.355. The van der Waals surface area contributed by atoms with E-state index in [0.717, 1.165) is 4.88 Å². The van der Waals surface area contributed by atoms with Crippen LogP contribution in [-0.4, -0.2) is 5.11 Å². The molecule has 1 unspecified atom stereocenters. The Balaban J connectivity index is 2.44. The largest absolute Gasteiger partial charge is 0.383 e. The highest BCUT2D eigenvalue weighted by molar-refractivity contribution is 7.10. The van der Waals surface area contributed by atoms with Crippen LogP contribution >= 0.6 is 22.9 Å². The molecule has 2 aromatic rings. The van der Waals surface area contributed by atoms with Crippen LogP contribution in [0.4, 0.5) is 4.39 Å². The molecule has 84 valence electrons. The maximum atomic E-state index is 13.2. The number of aliphatic hydroxyl groups excluding tert-OH is 1. The Hall–Kier alpha value is -0.900. The van der Waals surface area contributed by atoms with E-state index in [-0.39, 0.29) is 10.8 Å². The summed E-state index contributed by atoms with van der Waals surface area (Å²) in [6.07, 6.45) is -0.785. The lowest BCUT2D eigenvalue weighted by Crippen LogP contribution is -2.00. The van der Waals surface area contributed by atoms with E-state index in [9.17, 15) is 9.50 Å². The van der Waals surface area contributed by atoms with Gasteiger partial charge in [0.15, 0.2) is 0 Å². The maximum absolute atomic E-state index is 13.2. The van der Waals surface area contributed by atoms with Gasteiger partial charge in [-0.3, -0.25) is 0 Å². The third kappa shape index (κ3) is 2.12. The van der Waals surface area contributed by atoms with Crippen molar-refractivity contribution in [1.82, 2.24) is 0 Å². The fraction of sp³-hybridized carbons (Fsp3) is 0.167. The van der Waals surface area contributed by atoms with E-state index in [0.29, 0.717) is 11.1 Å². The zero-order valence-corrected chi connectivity index (χ0v) is 10.1. The Morgan fingerprint density at radius 2 is 2.19 bits per heavy atom. The zero-order valence-electron chi connectivity index (χ0n) is 8.58. The van der Waals surface area contributed by atoms with E-state index in [2.05, 4.69) is 0 Å². The van der Waals surface area contributed by atoms with Gasteiger partial charge in [0.2, 0.25) is 0 Å². The third-order valence-corrected chi connectivity index (χ3v) is 3.64. The summed E-state index contributed by atoms with van der Waals surface area (Å²) in [4.78, 5) is 0.799. The normalized spacial score (nSPS) is 12.8. The summed E-state index contributed by atoms with van der Waals surface area (Å²) in [5, 5.41) is 12.2. The Kier molecular flexibility index (Phi) is 3.28. The van der Waals surface area contributed by atoms with Crippen molar-refractivity contribution in [1.29, 1.82) is 0 Å². The van der Waals surface area contributed by atoms with Crippen LogP contribution in [0.25, 0.3) is 0 Å². The summed E-state index contributed by atoms with van der Waals surface area (Å²) in [6, 6.07) is 6.50. The average Bonchev–Trinajstić information content (AvgIpc) is 2.75. The predicted octanol–water partition coefficient (Wildman–Crippen LogP) is 3.93. The van der Waals surface area contributed by atoms with Gasteiger partial charge in [-0.05, 0) is 36.1 Å². The molecule has 0 spiro atoms. The molecule has 1 heterocycles. The van der Waals surface area contributed by atoms with E-state index in [1.165, 1.54) is 17.4 Å². The molecule has 0 aliphatic heterocycles. The van der Waals surface area contributed by atoms with E-state index in [1.54, 1.807) is 13.0 Å². The first kappa shape index (κ1) is 11.6. The molecule has 0 amide bonds. The highest BCUT2D eigenvalue weighted by atomic mass is 35.5. The lowest BCUT2D eigenvalue weighted by atomic mass is 10.0. The summed E-state index contributed by atoms with van der Waals surface area (Å²) in [5.41, 5.74) is 1.03. The van der Waals surface area contributed by atoms with Crippen molar-refractivity contribution >= 4 is 22.9 Å². The maximum Gasteiger partial charge on any atom is 0.127 e. The molecule has 0 saturated carbocycles. The SMILES string of the molecule is Cc1cc(C(O)c2cccs2)c(Cl)cc1F. The second-order valence-electron chi connectivity index (χ2n) is 3.54. The number of hydrogen-bond acceptors (Lipinski definition) is 2. The lowest BCUT2D eigenvalue weighted by Gasteiger charge is -2.12. The molecule has 1 atom stereocenters. The van der Waals surface area contributed by atoms with E-state index in [1.807, 2.05) is 17.5 Å². The van der Waals surface area contributed by atoms with Gasteiger partial charge in [0, 0.05) is 15.5 Å². The van der Waals surface area contributed by atoms with Gasteiger partial charge >= 0.3 is 0 Å². The van der Waals surface area contributed by atoms with Crippen LogP contribution in [0.5, 0.6) is 0 Å². The smallest absolute Gasteiger partial charge is 0.127 e. The van der Waals surface area contributed by atoms with E-state index in [4.69, 9.17) is 11.6 Å². The Bertz CT molecular complexity index is 496. The quantitative estimate of drug-likeness (QED) is 0.863. The molecule has 0 saturated heterocycles. The third-order valence-electron chi connectivity index (χ3n) is 2.39. The van der Waals surface area contributed by atoms with Gasteiger partial charge in [0.05, 0.1) is 0 Å². The van der Waals surface area contributed by atoms with Crippen molar-refractivity contribution in [2.24, 2.45) is 0 Å². The number of rotatable bonds is 2. The minimum absolute atomic E-state index is 0.254. The van der Waals surface area contributed by atoms with Gasteiger partial charge in [-0.2, -0.15) is 0 Å². The second-order valence-corrected chi connectivity index (χ2v) is 4.93. The van der Waals surface area contributed by atoms with Gasteiger partial charge in [-0.15, -0.1) is 11.3 Å². The highest BCUT2D eigenvalue weighted by Crippen LogP contribution is 2.32. The molecule has 4 heteroatoms. The minimum atomic E-state index is -0.785. The predicted molar refractivity (Wildman–Crippen MR) is 64.5 cm³/mol. The molecule has 0 fully saturated rings.